The van der Waals surface area contributed by atoms with Crippen molar-refractivity contribution < 1.29 is 9.18 Å². The normalized spacial score (nSPS) is 9.59. The third kappa shape index (κ3) is 5.48. The van der Waals surface area contributed by atoms with Crippen LogP contribution in [0.15, 0.2) is 22.7 Å². The standard InChI is InChI=1S/C11H14BrFN2O.ClH/c12-9-4-3-8(7-10(9)13)11(16)15-6-2-1-5-14;/h3-4,7H,1-2,5-6,14H2,(H,15,16);1H. The van der Waals surface area contributed by atoms with Gasteiger partial charge in [-0.15, -0.1) is 12.4 Å². The topological polar surface area (TPSA) is 55.1 Å². The van der Waals surface area contributed by atoms with E-state index in [1.807, 2.05) is 0 Å². The molecule has 3 N–H and O–H groups in total. The number of benzene rings is 1. The Kier molecular flexibility index (Phi) is 8.12. The number of carbonyl (C=O) groups is 1. The summed E-state index contributed by atoms with van der Waals surface area (Å²) in [7, 11) is 0. The lowest BCUT2D eigenvalue weighted by molar-refractivity contribution is 0.0952. The summed E-state index contributed by atoms with van der Waals surface area (Å²) < 4.78 is 13.5. The van der Waals surface area contributed by atoms with E-state index in [4.69, 9.17) is 5.73 Å². The largest absolute Gasteiger partial charge is 0.352 e. The summed E-state index contributed by atoms with van der Waals surface area (Å²) in [4.78, 5) is 11.5. The summed E-state index contributed by atoms with van der Waals surface area (Å²) in [5.41, 5.74) is 5.65. The molecule has 3 nitrogen and oxygen atoms in total. The van der Waals surface area contributed by atoms with Crippen molar-refractivity contribution in [1.82, 2.24) is 5.32 Å². The Hall–Kier alpha value is -0.650. The van der Waals surface area contributed by atoms with Crippen molar-refractivity contribution in [1.29, 1.82) is 0 Å². The van der Waals surface area contributed by atoms with Crippen LogP contribution in [0.3, 0.4) is 0 Å². The van der Waals surface area contributed by atoms with Gasteiger partial charge < -0.3 is 11.1 Å². The van der Waals surface area contributed by atoms with Crippen molar-refractivity contribution in [2.45, 2.75) is 12.8 Å². The Balaban J connectivity index is 0.00000256. The number of hydrogen-bond acceptors (Lipinski definition) is 2. The molecule has 0 unspecified atom stereocenters. The summed E-state index contributed by atoms with van der Waals surface area (Å²) in [5.74, 6) is -0.696. The highest BCUT2D eigenvalue weighted by Crippen LogP contribution is 2.16. The molecule has 0 aromatic heterocycles. The smallest absolute Gasteiger partial charge is 0.251 e. The Bertz CT molecular complexity index is 376. The Morgan fingerprint density at radius 2 is 2.12 bits per heavy atom. The molecule has 1 amide bonds. The molecule has 17 heavy (non-hydrogen) atoms. The van der Waals surface area contributed by atoms with Crippen LogP contribution in [0.25, 0.3) is 0 Å². The van der Waals surface area contributed by atoms with Crippen LogP contribution < -0.4 is 11.1 Å². The van der Waals surface area contributed by atoms with Crippen molar-refractivity contribution in [2.75, 3.05) is 13.1 Å². The van der Waals surface area contributed by atoms with E-state index in [9.17, 15) is 9.18 Å². The molecule has 0 spiro atoms. The monoisotopic (exact) mass is 324 g/mol. The molecule has 1 aromatic carbocycles. The van der Waals surface area contributed by atoms with Crippen LogP contribution in [0.2, 0.25) is 0 Å². The highest BCUT2D eigenvalue weighted by Gasteiger charge is 2.07. The predicted octanol–water partition coefficient (Wildman–Crippen LogP) is 2.48. The average Bonchev–Trinajstić information content (AvgIpc) is 2.28. The van der Waals surface area contributed by atoms with E-state index in [1.165, 1.54) is 12.1 Å². The van der Waals surface area contributed by atoms with Crippen molar-refractivity contribution in [2.24, 2.45) is 5.73 Å². The highest BCUT2D eigenvalue weighted by molar-refractivity contribution is 9.10. The van der Waals surface area contributed by atoms with Crippen molar-refractivity contribution >= 4 is 34.2 Å². The van der Waals surface area contributed by atoms with Gasteiger partial charge in [0.25, 0.3) is 5.91 Å². The number of unbranched alkanes of at least 4 members (excludes halogenated alkanes) is 1. The lowest BCUT2D eigenvalue weighted by Crippen LogP contribution is -2.24. The van der Waals surface area contributed by atoms with Gasteiger partial charge in [-0.25, -0.2) is 4.39 Å². The minimum Gasteiger partial charge on any atom is -0.352 e. The number of hydrogen-bond donors (Lipinski definition) is 2. The molecule has 1 aromatic rings. The van der Waals surface area contributed by atoms with Crippen LogP contribution in [-0.4, -0.2) is 19.0 Å². The molecule has 0 atom stereocenters. The second kappa shape index (κ2) is 8.44. The molecule has 96 valence electrons. The second-order valence-electron chi connectivity index (χ2n) is 3.38. The van der Waals surface area contributed by atoms with Crippen LogP contribution in [0.1, 0.15) is 23.2 Å². The van der Waals surface area contributed by atoms with Crippen LogP contribution in [0.5, 0.6) is 0 Å². The van der Waals surface area contributed by atoms with Crippen LogP contribution in [0.4, 0.5) is 4.39 Å². The summed E-state index contributed by atoms with van der Waals surface area (Å²) in [6, 6.07) is 4.30. The number of nitrogens with one attached hydrogen (secondary N) is 1. The first-order valence-electron chi connectivity index (χ1n) is 5.08. The molecule has 0 saturated heterocycles. The SMILES string of the molecule is Cl.NCCCCNC(=O)c1ccc(Br)c(F)c1. The van der Waals surface area contributed by atoms with Gasteiger partial charge in [0.1, 0.15) is 5.82 Å². The van der Waals surface area contributed by atoms with Crippen LogP contribution in [0, 0.1) is 5.82 Å². The van der Waals surface area contributed by atoms with Gasteiger partial charge in [-0.05, 0) is 53.5 Å². The molecule has 0 aliphatic heterocycles. The molecule has 0 saturated carbocycles. The van der Waals surface area contributed by atoms with Gasteiger partial charge in [0.15, 0.2) is 0 Å². The molecule has 0 heterocycles. The number of halogens is 3. The summed E-state index contributed by atoms with van der Waals surface area (Å²) in [5, 5.41) is 2.70. The van der Waals surface area contributed by atoms with Gasteiger partial charge in [-0.3, -0.25) is 4.79 Å². The fourth-order valence-corrected chi connectivity index (χ4v) is 1.46. The first-order chi connectivity index (χ1) is 7.65. The fourth-order valence-electron chi connectivity index (χ4n) is 1.21. The van der Waals surface area contributed by atoms with E-state index in [0.717, 1.165) is 12.8 Å². The summed E-state index contributed by atoms with van der Waals surface area (Å²) >= 11 is 3.03. The zero-order valence-corrected chi connectivity index (χ0v) is 11.6. The average molecular weight is 326 g/mol. The van der Waals surface area contributed by atoms with Gasteiger partial charge in [0, 0.05) is 12.1 Å². The highest BCUT2D eigenvalue weighted by atomic mass is 79.9. The van der Waals surface area contributed by atoms with Crippen LogP contribution in [-0.2, 0) is 0 Å². The molecule has 0 radical (unpaired) electrons. The van der Waals surface area contributed by atoms with E-state index in [0.29, 0.717) is 23.1 Å². The third-order valence-corrected chi connectivity index (χ3v) is 2.74. The molecule has 0 aliphatic rings. The van der Waals surface area contributed by atoms with Gasteiger partial charge in [-0.1, -0.05) is 0 Å². The quantitative estimate of drug-likeness (QED) is 0.817. The third-order valence-electron chi connectivity index (χ3n) is 2.10. The predicted molar refractivity (Wildman–Crippen MR) is 72.0 cm³/mol. The molecule has 0 bridgehead atoms. The Morgan fingerprint density at radius 1 is 1.41 bits per heavy atom. The first-order valence-corrected chi connectivity index (χ1v) is 5.87. The number of nitrogens with two attached hydrogens (primary N) is 1. The van der Waals surface area contributed by atoms with E-state index in [-0.39, 0.29) is 18.3 Å². The maximum atomic E-state index is 13.1. The van der Waals surface area contributed by atoms with Gasteiger partial charge in [-0.2, -0.15) is 0 Å². The second-order valence-corrected chi connectivity index (χ2v) is 4.23. The number of carbonyl (C=O) groups excluding carboxylic acids is 1. The van der Waals surface area contributed by atoms with Gasteiger partial charge in [0.05, 0.1) is 4.47 Å². The van der Waals surface area contributed by atoms with Crippen molar-refractivity contribution in [3.8, 4) is 0 Å². The molecule has 0 fully saturated rings. The van der Waals surface area contributed by atoms with E-state index in [1.54, 1.807) is 6.07 Å². The Labute approximate surface area is 114 Å². The molecule has 6 heteroatoms. The fraction of sp³-hybridized carbons (Fsp3) is 0.364. The lowest BCUT2D eigenvalue weighted by Gasteiger charge is -2.05. The minimum atomic E-state index is -0.436. The Morgan fingerprint density at radius 3 is 2.71 bits per heavy atom. The van der Waals surface area contributed by atoms with E-state index >= 15 is 0 Å². The van der Waals surface area contributed by atoms with E-state index < -0.39 is 5.82 Å². The number of rotatable bonds is 5. The summed E-state index contributed by atoms with van der Waals surface area (Å²) in [6.07, 6.45) is 1.70. The molecular formula is C11H15BrClFN2O. The summed E-state index contributed by atoms with van der Waals surface area (Å²) in [6.45, 7) is 1.18. The van der Waals surface area contributed by atoms with Crippen LogP contribution >= 0.6 is 28.3 Å². The molecular weight excluding hydrogens is 310 g/mol. The van der Waals surface area contributed by atoms with Crippen molar-refractivity contribution in [3.05, 3.63) is 34.1 Å². The van der Waals surface area contributed by atoms with Gasteiger partial charge >= 0.3 is 0 Å². The van der Waals surface area contributed by atoms with E-state index in [2.05, 4.69) is 21.2 Å². The number of amides is 1. The first kappa shape index (κ1) is 16.4. The maximum Gasteiger partial charge on any atom is 0.251 e. The van der Waals surface area contributed by atoms with Gasteiger partial charge in [0.2, 0.25) is 0 Å². The lowest BCUT2D eigenvalue weighted by atomic mass is 10.2. The minimum absolute atomic E-state index is 0. The molecule has 1 rings (SSSR count). The molecule has 0 aliphatic carbocycles. The van der Waals surface area contributed by atoms with Crippen molar-refractivity contribution in [3.63, 3.8) is 0 Å². The zero-order valence-electron chi connectivity index (χ0n) is 9.21. The maximum absolute atomic E-state index is 13.1. The zero-order chi connectivity index (χ0) is 12.0.